The molecule has 1 aromatic heterocycles. The molecular weight excluding hydrogens is 353 g/mol. The third-order valence-corrected chi connectivity index (χ3v) is 5.58. The van der Waals surface area contributed by atoms with Gasteiger partial charge >= 0.3 is 0 Å². The Labute approximate surface area is 157 Å². The van der Waals surface area contributed by atoms with Crippen molar-refractivity contribution in [2.24, 2.45) is 5.92 Å². The SMILES string of the molecule is O=C(C1CCN(c2ncc(Cl)cc2F)CC1)N1CCc2ccccc2C1. The molecule has 0 saturated carbocycles. The van der Waals surface area contributed by atoms with Crippen LogP contribution in [0.25, 0.3) is 0 Å². The number of pyridine rings is 1. The van der Waals surface area contributed by atoms with Crippen LogP contribution in [0.4, 0.5) is 10.2 Å². The van der Waals surface area contributed by atoms with E-state index in [0.29, 0.717) is 30.5 Å². The van der Waals surface area contributed by atoms with Crippen molar-refractivity contribution < 1.29 is 9.18 Å². The quantitative estimate of drug-likeness (QED) is 0.805. The van der Waals surface area contributed by atoms with Gasteiger partial charge in [0.1, 0.15) is 0 Å². The van der Waals surface area contributed by atoms with Crippen molar-refractivity contribution in [1.82, 2.24) is 9.88 Å². The van der Waals surface area contributed by atoms with Gasteiger partial charge in [0.25, 0.3) is 0 Å². The first kappa shape index (κ1) is 17.3. The summed E-state index contributed by atoms with van der Waals surface area (Å²) in [5, 5.41) is 0.293. The van der Waals surface area contributed by atoms with Gasteiger partial charge in [0.15, 0.2) is 11.6 Å². The minimum Gasteiger partial charge on any atom is -0.354 e. The molecule has 0 unspecified atom stereocenters. The standard InChI is InChI=1S/C20H21ClFN3O/c21-17-11-18(22)19(23-12-17)24-8-6-15(7-9-24)20(26)25-10-5-14-3-1-2-4-16(14)13-25/h1-4,11-12,15H,5-10,13H2. The first-order valence-corrected chi connectivity index (χ1v) is 9.41. The fraction of sp³-hybridized carbons (Fsp3) is 0.400. The molecule has 1 aromatic carbocycles. The third kappa shape index (κ3) is 3.40. The zero-order valence-corrected chi connectivity index (χ0v) is 15.3. The Balaban J connectivity index is 1.38. The molecule has 1 fully saturated rings. The number of carbonyl (C=O) groups is 1. The van der Waals surface area contributed by atoms with E-state index in [0.717, 1.165) is 25.8 Å². The summed E-state index contributed by atoms with van der Waals surface area (Å²) < 4.78 is 14.1. The highest BCUT2D eigenvalue weighted by Gasteiger charge is 2.31. The molecule has 2 aromatic rings. The minimum absolute atomic E-state index is 0.00636. The Morgan fingerprint density at radius 2 is 1.88 bits per heavy atom. The number of anilines is 1. The summed E-state index contributed by atoms with van der Waals surface area (Å²) in [6, 6.07) is 9.61. The molecule has 136 valence electrons. The zero-order valence-electron chi connectivity index (χ0n) is 14.5. The number of amides is 1. The van der Waals surface area contributed by atoms with E-state index in [1.807, 2.05) is 15.9 Å². The van der Waals surface area contributed by atoms with Crippen LogP contribution in [0.3, 0.4) is 0 Å². The van der Waals surface area contributed by atoms with E-state index in [4.69, 9.17) is 11.6 Å². The molecule has 0 N–H and O–H groups in total. The normalized spacial score (nSPS) is 17.9. The van der Waals surface area contributed by atoms with Crippen LogP contribution in [0.1, 0.15) is 24.0 Å². The summed E-state index contributed by atoms with van der Waals surface area (Å²) in [5.74, 6) is 0.151. The number of fused-ring (bicyclic) bond motifs is 1. The molecule has 6 heteroatoms. The van der Waals surface area contributed by atoms with Crippen molar-refractivity contribution in [3.05, 3.63) is 58.5 Å². The van der Waals surface area contributed by atoms with Crippen LogP contribution in [-0.2, 0) is 17.8 Å². The maximum atomic E-state index is 14.1. The minimum atomic E-state index is -0.407. The first-order valence-electron chi connectivity index (χ1n) is 9.03. The molecular formula is C20H21ClFN3O. The molecule has 1 saturated heterocycles. The smallest absolute Gasteiger partial charge is 0.226 e. The van der Waals surface area contributed by atoms with Crippen molar-refractivity contribution in [1.29, 1.82) is 0 Å². The fourth-order valence-electron chi connectivity index (χ4n) is 3.92. The van der Waals surface area contributed by atoms with Crippen molar-refractivity contribution in [2.45, 2.75) is 25.8 Å². The number of aromatic nitrogens is 1. The Morgan fingerprint density at radius 1 is 1.15 bits per heavy atom. The highest BCUT2D eigenvalue weighted by Crippen LogP contribution is 2.28. The lowest BCUT2D eigenvalue weighted by Gasteiger charge is -2.36. The maximum absolute atomic E-state index is 14.1. The summed E-state index contributed by atoms with van der Waals surface area (Å²) >= 11 is 5.77. The summed E-state index contributed by atoms with van der Waals surface area (Å²) in [4.78, 5) is 20.9. The van der Waals surface area contributed by atoms with Crippen LogP contribution in [0.5, 0.6) is 0 Å². The van der Waals surface area contributed by atoms with E-state index in [1.165, 1.54) is 23.4 Å². The van der Waals surface area contributed by atoms with Crippen LogP contribution in [0.15, 0.2) is 36.5 Å². The number of rotatable bonds is 2. The molecule has 0 atom stereocenters. The van der Waals surface area contributed by atoms with Gasteiger partial charge in [0.05, 0.1) is 5.02 Å². The Kier molecular flexibility index (Phi) is 4.81. The lowest BCUT2D eigenvalue weighted by Crippen LogP contribution is -2.44. The van der Waals surface area contributed by atoms with Gasteiger partial charge < -0.3 is 9.80 Å². The number of hydrogen-bond acceptors (Lipinski definition) is 3. The van der Waals surface area contributed by atoms with Crippen LogP contribution < -0.4 is 4.90 Å². The van der Waals surface area contributed by atoms with Gasteiger partial charge in [-0.15, -0.1) is 0 Å². The number of benzene rings is 1. The van der Waals surface area contributed by atoms with E-state index >= 15 is 0 Å². The van der Waals surface area contributed by atoms with Crippen molar-refractivity contribution in [3.63, 3.8) is 0 Å². The summed E-state index contributed by atoms with van der Waals surface area (Å²) in [6.45, 7) is 2.74. The van der Waals surface area contributed by atoms with Crippen LogP contribution >= 0.6 is 11.6 Å². The molecule has 0 aliphatic carbocycles. The highest BCUT2D eigenvalue weighted by molar-refractivity contribution is 6.30. The second-order valence-electron chi connectivity index (χ2n) is 7.00. The van der Waals surface area contributed by atoms with E-state index in [-0.39, 0.29) is 11.8 Å². The second kappa shape index (κ2) is 7.23. The van der Waals surface area contributed by atoms with Crippen molar-refractivity contribution >= 4 is 23.3 Å². The average Bonchev–Trinajstić information content (AvgIpc) is 2.67. The molecule has 26 heavy (non-hydrogen) atoms. The molecule has 2 aliphatic rings. The number of hydrogen-bond donors (Lipinski definition) is 0. The Hall–Kier alpha value is -2.14. The summed E-state index contributed by atoms with van der Waals surface area (Å²) in [6.07, 6.45) is 3.82. The number of piperidine rings is 1. The summed E-state index contributed by atoms with van der Waals surface area (Å²) in [7, 11) is 0. The molecule has 0 bridgehead atoms. The van der Waals surface area contributed by atoms with E-state index in [9.17, 15) is 9.18 Å². The van der Waals surface area contributed by atoms with Crippen LogP contribution in [0.2, 0.25) is 5.02 Å². The van der Waals surface area contributed by atoms with Crippen LogP contribution in [0, 0.1) is 11.7 Å². The van der Waals surface area contributed by atoms with E-state index in [1.54, 1.807) is 0 Å². The molecule has 0 radical (unpaired) electrons. The van der Waals surface area contributed by atoms with Gasteiger partial charge in [0.2, 0.25) is 5.91 Å². The van der Waals surface area contributed by atoms with Gasteiger partial charge in [-0.25, -0.2) is 9.37 Å². The van der Waals surface area contributed by atoms with Crippen molar-refractivity contribution in [2.75, 3.05) is 24.5 Å². The fourth-order valence-corrected chi connectivity index (χ4v) is 4.06. The van der Waals surface area contributed by atoms with Crippen molar-refractivity contribution in [3.8, 4) is 0 Å². The molecule has 3 heterocycles. The zero-order chi connectivity index (χ0) is 18.1. The third-order valence-electron chi connectivity index (χ3n) is 5.37. The predicted molar refractivity (Wildman–Crippen MR) is 99.7 cm³/mol. The molecule has 2 aliphatic heterocycles. The lowest BCUT2D eigenvalue weighted by atomic mass is 9.93. The van der Waals surface area contributed by atoms with Gasteiger partial charge in [-0.05, 0) is 36.5 Å². The van der Waals surface area contributed by atoms with E-state index < -0.39 is 5.82 Å². The monoisotopic (exact) mass is 373 g/mol. The Morgan fingerprint density at radius 3 is 2.62 bits per heavy atom. The number of carbonyl (C=O) groups excluding carboxylic acids is 1. The van der Waals surface area contributed by atoms with Crippen LogP contribution in [-0.4, -0.2) is 35.4 Å². The van der Waals surface area contributed by atoms with E-state index in [2.05, 4.69) is 23.2 Å². The molecule has 0 spiro atoms. The highest BCUT2D eigenvalue weighted by atomic mass is 35.5. The summed E-state index contributed by atoms with van der Waals surface area (Å²) in [5.41, 5.74) is 2.59. The predicted octanol–water partition coefficient (Wildman–Crippen LogP) is 3.68. The van der Waals surface area contributed by atoms with Gasteiger partial charge in [-0.3, -0.25) is 4.79 Å². The number of nitrogens with zero attached hydrogens (tertiary/aromatic N) is 3. The molecule has 1 amide bonds. The van der Waals surface area contributed by atoms with Gasteiger partial charge in [-0.2, -0.15) is 0 Å². The number of halogens is 2. The lowest BCUT2D eigenvalue weighted by molar-refractivity contribution is -0.137. The van der Waals surface area contributed by atoms with Gasteiger partial charge in [0, 0.05) is 38.3 Å². The molecule has 4 rings (SSSR count). The first-order chi connectivity index (χ1) is 12.6. The Bertz CT molecular complexity index is 820. The van der Waals surface area contributed by atoms with Gasteiger partial charge in [-0.1, -0.05) is 35.9 Å². The maximum Gasteiger partial charge on any atom is 0.226 e. The average molecular weight is 374 g/mol. The molecule has 4 nitrogen and oxygen atoms in total. The topological polar surface area (TPSA) is 36.4 Å². The second-order valence-corrected chi connectivity index (χ2v) is 7.44. The largest absolute Gasteiger partial charge is 0.354 e.